The van der Waals surface area contributed by atoms with Crippen molar-refractivity contribution in [2.75, 3.05) is 27.4 Å². The first-order valence-corrected chi connectivity index (χ1v) is 10.5. The fourth-order valence-electron chi connectivity index (χ4n) is 3.23. The maximum absolute atomic E-state index is 11.9. The van der Waals surface area contributed by atoms with Gasteiger partial charge in [0.1, 0.15) is 17.2 Å². The number of esters is 1. The zero-order chi connectivity index (χ0) is 22.6. The number of aromatic nitrogens is 1. The Morgan fingerprint density at radius 2 is 1.74 bits per heavy atom. The zero-order valence-corrected chi connectivity index (χ0v) is 18.7. The van der Waals surface area contributed by atoms with Gasteiger partial charge in [-0.3, -0.25) is 14.6 Å². The van der Waals surface area contributed by atoms with Crippen LogP contribution in [0.3, 0.4) is 0 Å². The van der Waals surface area contributed by atoms with E-state index in [9.17, 15) is 9.59 Å². The number of ketones is 1. The van der Waals surface area contributed by atoms with Gasteiger partial charge in [0, 0.05) is 24.6 Å². The fourth-order valence-corrected chi connectivity index (χ4v) is 3.23. The van der Waals surface area contributed by atoms with Gasteiger partial charge in [-0.25, -0.2) is 0 Å². The molecule has 1 aromatic heterocycles. The lowest BCUT2D eigenvalue weighted by atomic mass is 10.0. The van der Waals surface area contributed by atoms with Crippen molar-refractivity contribution < 1.29 is 28.5 Å². The van der Waals surface area contributed by atoms with Crippen LogP contribution in [0.15, 0.2) is 30.5 Å². The van der Waals surface area contributed by atoms with Crippen LogP contribution in [-0.4, -0.2) is 44.2 Å². The van der Waals surface area contributed by atoms with Gasteiger partial charge in [-0.1, -0.05) is 13.3 Å². The molecule has 0 saturated carbocycles. The maximum Gasteiger partial charge on any atom is 0.305 e. The third-order valence-corrected chi connectivity index (χ3v) is 4.75. The molecule has 0 aliphatic heterocycles. The van der Waals surface area contributed by atoms with Gasteiger partial charge < -0.3 is 18.9 Å². The summed E-state index contributed by atoms with van der Waals surface area (Å²) in [5, 5.41) is 0. The maximum atomic E-state index is 11.9. The van der Waals surface area contributed by atoms with Gasteiger partial charge in [-0.15, -0.1) is 0 Å². The van der Waals surface area contributed by atoms with E-state index in [1.54, 1.807) is 25.4 Å². The molecule has 0 fully saturated rings. The molecule has 31 heavy (non-hydrogen) atoms. The Hall–Kier alpha value is -3.09. The molecule has 0 radical (unpaired) electrons. The van der Waals surface area contributed by atoms with E-state index in [2.05, 4.69) is 16.6 Å². The molecule has 1 aromatic carbocycles. The first kappa shape index (κ1) is 24.2. The first-order chi connectivity index (χ1) is 15.0. The second kappa shape index (κ2) is 12.6. The summed E-state index contributed by atoms with van der Waals surface area (Å²) >= 11 is 0. The average Bonchev–Trinajstić information content (AvgIpc) is 2.78. The van der Waals surface area contributed by atoms with Crippen LogP contribution in [0.5, 0.6) is 17.2 Å². The van der Waals surface area contributed by atoms with Crippen molar-refractivity contribution >= 4 is 11.8 Å². The minimum absolute atomic E-state index is 0.0337. The zero-order valence-electron chi connectivity index (χ0n) is 18.7. The first-order valence-electron chi connectivity index (χ1n) is 10.5. The van der Waals surface area contributed by atoms with Crippen molar-refractivity contribution in [3.05, 3.63) is 47.3 Å². The molecule has 0 spiro atoms. The second-order valence-corrected chi connectivity index (χ2v) is 7.00. The quantitative estimate of drug-likeness (QED) is 0.268. The lowest BCUT2D eigenvalue weighted by Crippen LogP contribution is -2.10. The SMILES string of the molecule is CCCc1c(OCCCOc2cccnc2CCC(=O)OC)ccc(C(C)=O)c1OC. The van der Waals surface area contributed by atoms with E-state index in [1.807, 2.05) is 12.1 Å². The van der Waals surface area contributed by atoms with E-state index < -0.39 is 0 Å². The van der Waals surface area contributed by atoms with E-state index in [0.29, 0.717) is 43.1 Å². The third kappa shape index (κ3) is 6.98. The molecular weight excluding hydrogens is 398 g/mol. The summed E-state index contributed by atoms with van der Waals surface area (Å²) in [6.07, 6.45) is 4.72. The number of benzene rings is 1. The molecular formula is C24H31NO6. The van der Waals surface area contributed by atoms with Crippen molar-refractivity contribution in [3.8, 4) is 17.2 Å². The Bertz CT molecular complexity index is 880. The lowest BCUT2D eigenvalue weighted by Gasteiger charge is -2.17. The number of nitrogens with zero attached hydrogens (tertiary/aromatic N) is 1. The van der Waals surface area contributed by atoms with Crippen LogP contribution in [0.2, 0.25) is 0 Å². The molecule has 0 saturated heterocycles. The van der Waals surface area contributed by atoms with Crippen LogP contribution in [-0.2, 0) is 22.4 Å². The molecule has 7 nitrogen and oxygen atoms in total. The smallest absolute Gasteiger partial charge is 0.305 e. The van der Waals surface area contributed by atoms with E-state index in [0.717, 1.165) is 29.8 Å². The van der Waals surface area contributed by atoms with Gasteiger partial charge >= 0.3 is 5.97 Å². The summed E-state index contributed by atoms with van der Waals surface area (Å²) in [5.74, 6) is 1.66. The normalized spacial score (nSPS) is 10.5. The van der Waals surface area contributed by atoms with E-state index in [-0.39, 0.29) is 18.2 Å². The molecule has 1 heterocycles. The number of ether oxygens (including phenoxy) is 4. The highest BCUT2D eigenvalue weighted by atomic mass is 16.5. The van der Waals surface area contributed by atoms with Gasteiger partial charge in [0.15, 0.2) is 5.78 Å². The molecule has 7 heteroatoms. The number of Topliss-reactive ketones (excluding diaryl/α,β-unsaturated/α-hetero) is 1. The minimum Gasteiger partial charge on any atom is -0.496 e. The Balaban J connectivity index is 1.94. The van der Waals surface area contributed by atoms with Crippen LogP contribution in [0.4, 0.5) is 0 Å². The number of carbonyl (C=O) groups excluding carboxylic acids is 2. The number of pyridine rings is 1. The van der Waals surface area contributed by atoms with Gasteiger partial charge in [0.2, 0.25) is 0 Å². The van der Waals surface area contributed by atoms with Crippen molar-refractivity contribution in [1.29, 1.82) is 0 Å². The Morgan fingerprint density at radius 1 is 1.00 bits per heavy atom. The molecule has 0 atom stereocenters. The van der Waals surface area contributed by atoms with Crippen molar-refractivity contribution in [2.24, 2.45) is 0 Å². The predicted octanol–water partition coefficient (Wildman–Crippen LogP) is 4.20. The molecule has 168 valence electrons. The van der Waals surface area contributed by atoms with Gasteiger partial charge in [0.05, 0.1) is 45.1 Å². The van der Waals surface area contributed by atoms with E-state index >= 15 is 0 Å². The number of rotatable bonds is 13. The van der Waals surface area contributed by atoms with E-state index in [4.69, 9.17) is 14.2 Å². The number of hydrogen-bond donors (Lipinski definition) is 0. The third-order valence-electron chi connectivity index (χ3n) is 4.75. The molecule has 0 aliphatic rings. The molecule has 0 unspecified atom stereocenters. The molecule has 2 rings (SSSR count). The van der Waals surface area contributed by atoms with Gasteiger partial charge in [-0.05, 0) is 37.6 Å². The number of hydrogen-bond acceptors (Lipinski definition) is 7. The molecule has 0 amide bonds. The summed E-state index contributed by atoms with van der Waals surface area (Å²) in [4.78, 5) is 27.6. The Morgan fingerprint density at radius 3 is 2.39 bits per heavy atom. The largest absolute Gasteiger partial charge is 0.496 e. The highest BCUT2D eigenvalue weighted by Crippen LogP contribution is 2.34. The standard InChI is InChI=1S/C24H31NO6/c1-5-8-19-21(12-10-18(17(2)26)24(19)29-4)30-15-7-16-31-22-9-6-14-25-20(22)11-13-23(27)28-3/h6,9-10,12,14H,5,7-8,11,13,15-16H2,1-4H3. The van der Waals surface area contributed by atoms with Crippen molar-refractivity contribution in [1.82, 2.24) is 4.98 Å². The Labute approximate surface area is 183 Å². The topological polar surface area (TPSA) is 84.0 Å². The summed E-state index contributed by atoms with van der Waals surface area (Å²) in [6.45, 7) is 4.51. The highest BCUT2D eigenvalue weighted by Gasteiger charge is 2.17. The van der Waals surface area contributed by atoms with Crippen LogP contribution in [0.1, 0.15) is 54.7 Å². The van der Waals surface area contributed by atoms with Gasteiger partial charge in [-0.2, -0.15) is 0 Å². The summed E-state index contributed by atoms with van der Waals surface area (Å²) in [6, 6.07) is 7.21. The number of carbonyl (C=O) groups is 2. The molecule has 0 aliphatic carbocycles. The second-order valence-electron chi connectivity index (χ2n) is 7.00. The predicted molar refractivity (Wildman–Crippen MR) is 117 cm³/mol. The van der Waals surface area contributed by atoms with E-state index in [1.165, 1.54) is 14.0 Å². The number of aryl methyl sites for hydroxylation is 1. The van der Waals surface area contributed by atoms with Gasteiger partial charge in [0.25, 0.3) is 0 Å². The van der Waals surface area contributed by atoms with Crippen LogP contribution in [0.25, 0.3) is 0 Å². The highest BCUT2D eigenvalue weighted by molar-refractivity contribution is 5.97. The fraction of sp³-hybridized carbons (Fsp3) is 0.458. The molecule has 0 N–H and O–H groups in total. The molecule has 2 aromatic rings. The van der Waals surface area contributed by atoms with Crippen LogP contribution >= 0.6 is 0 Å². The average molecular weight is 430 g/mol. The minimum atomic E-state index is -0.279. The molecule has 0 bridgehead atoms. The van der Waals surface area contributed by atoms with Crippen LogP contribution in [0, 0.1) is 0 Å². The summed E-state index contributed by atoms with van der Waals surface area (Å²) in [5.41, 5.74) is 2.21. The summed E-state index contributed by atoms with van der Waals surface area (Å²) < 4.78 is 22.0. The number of methoxy groups -OCH3 is 2. The van der Waals surface area contributed by atoms with Crippen molar-refractivity contribution in [3.63, 3.8) is 0 Å². The van der Waals surface area contributed by atoms with Crippen molar-refractivity contribution in [2.45, 2.75) is 46.0 Å². The lowest BCUT2D eigenvalue weighted by molar-refractivity contribution is -0.140. The monoisotopic (exact) mass is 429 g/mol. The van der Waals surface area contributed by atoms with Crippen LogP contribution < -0.4 is 14.2 Å². The Kier molecular flexibility index (Phi) is 9.81. The summed E-state index contributed by atoms with van der Waals surface area (Å²) in [7, 11) is 2.94.